The highest BCUT2D eigenvalue weighted by atomic mass is 16.4. The topological polar surface area (TPSA) is 54.4 Å². The summed E-state index contributed by atoms with van der Waals surface area (Å²) in [6, 6.07) is 0. The Morgan fingerprint density at radius 2 is 1.96 bits per heavy atom. The van der Waals surface area contributed by atoms with Crippen LogP contribution in [0.2, 0.25) is 0 Å². The normalized spacial score (nSPS) is 31.1. The van der Waals surface area contributed by atoms with Crippen molar-refractivity contribution in [3.63, 3.8) is 0 Å². The molecule has 0 bridgehead atoms. The summed E-state index contributed by atoms with van der Waals surface area (Å²) in [5.74, 6) is -0.202. The van der Waals surface area contributed by atoms with Crippen molar-refractivity contribution in [2.75, 3.05) is 0 Å². The molecule has 0 heterocycles. The van der Waals surface area contributed by atoms with Gasteiger partial charge in [0.05, 0.1) is 0 Å². The fraction of sp³-hybridized carbons (Fsp3) is 0.700. The molecule has 0 aromatic rings. The van der Waals surface area contributed by atoms with E-state index in [9.17, 15) is 9.59 Å². The van der Waals surface area contributed by atoms with Crippen molar-refractivity contribution in [3.05, 3.63) is 22.8 Å². The SMILES string of the molecule is CC1=C(CC/C(C)=C/C(=O)O)[C@@]2(C)CCCC(C)(C)[C@H]2CC1=O. The molecule has 23 heavy (non-hydrogen) atoms. The van der Waals surface area contributed by atoms with Crippen LogP contribution in [0.1, 0.15) is 73.1 Å². The van der Waals surface area contributed by atoms with Crippen LogP contribution >= 0.6 is 0 Å². The van der Waals surface area contributed by atoms with Crippen LogP contribution in [0.4, 0.5) is 0 Å². The molecule has 0 aromatic heterocycles. The van der Waals surface area contributed by atoms with Crippen LogP contribution in [-0.4, -0.2) is 16.9 Å². The second kappa shape index (κ2) is 6.26. The number of fused-ring (bicyclic) bond motifs is 1. The number of allylic oxidation sites excluding steroid dienone is 3. The average molecular weight is 318 g/mol. The number of carboxylic acids is 1. The van der Waals surface area contributed by atoms with Gasteiger partial charge in [0, 0.05) is 12.5 Å². The Labute approximate surface area is 139 Å². The fourth-order valence-electron chi connectivity index (χ4n) is 5.00. The van der Waals surface area contributed by atoms with Gasteiger partial charge >= 0.3 is 5.97 Å². The zero-order chi connectivity index (χ0) is 17.4. The first kappa shape index (κ1) is 18.0. The smallest absolute Gasteiger partial charge is 0.328 e. The molecule has 0 radical (unpaired) electrons. The zero-order valence-electron chi connectivity index (χ0n) is 15.2. The molecule has 0 saturated heterocycles. The maximum absolute atomic E-state index is 12.5. The summed E-state index contributed by atoms with van der Waals surface area (Å²) in [7, 11) is 0. The molecule has 0 aliphatic heterocycles. The van der Waals surface area contributed by atoms with E-state index in [0.29, 0.717) is 12.3 Å². The Hall–Kier alpha value is -1.38. The lowest BCUT2D eigenvalue weighted by atomic mass is 9.49. The van der Waals surface area contributed by atoms with E-state index < -0.39 is 5.97 Å². The third kappa shape index (κ3) is 3.44. The predicted molar refractivity (Wildman–Crippen MR) is 92.2 cm³/mol. The zero-order valence-corrected chi connectivity index (χ0v) is 15.2. The second-order valence-electron chi connectivity index (χ2n) is 8.37. The summed E-state index contributed by atoms with van der Waals surface area (Å²) in [5.41, 5.74) is 3.37. The van der Waals surface area contributed by atoms with Crippen molar-refractivity contribution in [1.82, 2.24) is 0 Å². The van der Waals surface area contributed by atoms with Gasteiger partial charge in [-0.1, -0.05) is 38.3 Å². The number of hydrogen-bond acceptors (Lipinski definition) is 2. The van der Waals surface area contributed by atoms with E-state index in [4.69, 9.17) is 5.11 Å². The molecular formula is C20H30O3. The highest BCUT2D eigenvalue weighted by Gasteiger charge is 2.51. The van der Waals surface area contributed by atoms with E-state index in [2.05, 4.69) is 20.8 Å². The lowest BCUT2D eigenvalue weighted by Crippen LogP contribution is -2.47. The second-order valence-corrected chi connectivity index (χ2v) is 8.37. The van der Waals surface area contributed by atoms with E-state index in [1.54, 1.807) is 0 Å². The van der Waals surface area contributed by atoms with Crippen molar-refractivity contribution in [1.29, 1.82) is 0 Å². The lowest BCUT2D eigenvalue weighted by Gasteiger charge is -2.54. The summed E-state index contributed by atoms with van der Waals surface area (Å²) in [5, 5.41) is 8.88. The molecule has 3 heteroatoms. The highest BCUT2D eigenvalue weighted by Crippen LogP contribution is 2.59. The summed E-state index contributed by atoms with van der Waals surface area (Å²) in [4.78, 5) is 23.4. The minimum absolute atomic E-state index is 0.0866. The Morgan fingerprint density at radius 3 is 2.57 bits per heavy atom. The molecule has 0 aromatic carbocycles. The Bertz CT molecular complexity index is 580. The Balaban J connectivity index is 2.33. The molecule has 2 rings (SSSR count). The number of carbonyl (C=O) groups excluding carboxylic acids is 1. The van der Waals surface area contributed by atoms with E-state index in [1.165, 1.54) is 24.5 Å². The molecule has 0 amide bonds. The maximum Gasteiger partial charge on any atom is 0.328 e. The molecule has 128 valence electrons. The first-order valence-electron chi connectivity index (χ1n) is 8.71. The van der Waals surface area contributed by atoms with Gasteiger partial charge in [0.2, 0.25) is 0 Å². The maximum atomic E-state index is 12.5. The van der Waals surface area contributed by atoms with E-state index >= 15 is 0 Å². The predicted octanol–water partition coefficient (Wildman–Crippen LogP) is 4.92. The number of ketones is 1. The van der Waals surface area contributed by atoms with Gasteiger partial charge in [0.15, 0.2) is 5.78 Å². The van der Waals surface area contributed by atoms with Crippen molar-refractivity contribution in [2.45, 2.75) is 73.1 Å². The van der Waals surface area contributed by atoms with E-state index in [0.717, 1.165) is 30.4 Å². The molecule has 1 fully saturated rings. The van der Waals surface area contributed by atoms with Crippen LogP contribution in [0.5, 0.6) is 0 Å². The summed E-state index contributed by atoms with van der Waals surface area (Å²) < 4.78 is 0. The van der Waals surface area contributed by atoms with Crippen LogP contribution in [0.15, 0.2) is 22.8 Å². The van der Waals surface area contributed by atoms with Crippen molar-refractivity contribution in [3.8, 4) is 0 Å². The van der Waals surface area contributed by atoms with E-state index in [1.807, 2.05) is 13.8 Å². The van der Waals surface area contributed by atoms with Gasteiger partial charge in [0.1, 0.15) is 0 Å². The molecular weight excluding hydrogens is 288 g/mol. The Morgan fingerprint density at radius 1 is 1.30 bits per heavy atom. The third-order valence-electron chi connectivity index (χ3n) is 6.32. The first-order chi connectivity index (χ1) is 10.6. The Kier molecular flexibility index (Phi) is 4.89. The summed E-state index contributed by atoms with van der Waals surface area (Å²) in [6.07, 6.45) is 7.00. The number of carbonyl (C=O) groups is 2. The van der Waals surface area contributed by atoms with Crippen LogP contribution < -0.4 is 0 Å². The summed E-state index contributed by atoms with van der Waals surface area (Å²) in [6.45, 7) is 10.8. The molecule has 1 saturated carbocycles. The highest BCUT2D eigenvalue weighted by molar-refractivity contribution is 5.97. The van der Waals surface area contributed by atoms with Gasteiger partial charge in [-0.15, -0.1) is 0 Å². The van der Waals surface area contributed by atoms with Crippen molar-refractivity contribution < 1.29 is 14.7 Å². The van der Waals surface area contributed by atoms with E-state index in [-0.39, 0.29) is 16.6 Å². The van der Waals surface area contributed by atoms with Gasteiger partial charge in [-0.05, 0) is 61.9 Å². The number of carboxylic acid groups (broad SMARTS) is 1. The fourth-order valence-corrected chi connectivity index (χ4v) is 5.00. The van der Waals surface area contributed by atoms with Crippen LogP contribution in [0.3, 0.4) is 0 Å². The molecule has 1 N–H and O–H groups in total. The molecule has 0 unspecified atom stereocenters. The third-order valence-corrected chi connectivity index (χ3v) is 6.32. The standard InChI is InChI=1S/C20H30O3/c1-13(11-18(22)23)7-8-15-14(2)16(21)12-17-19(3,4)9-6-10-20(15,17)5/h11,17H,6-10,12H2,1-5H3,(H,22,23)/b13-11+/t17-,20-/m1/s1. The van der Waals surface area contributed by atoms with Gasteiger partial charge < -0.3 is 5.11 Å². The number of Topliss-reactive ketones (excluding diaryl/α,β-unsaturated/α-hetero) is 1. The molecule has 3 nitrogen and oxygen atoms in total. The number of aliphatic carboxylic acids is 1. The molecule has 2 aliphatic carbocycles. The number of hydrogen-bond donors (Lipinski definition) is 1. The quantitative estimate of drug-likeness (QED) is 0.749. The van der Waals surface area contributed by atoms with Crippen molar-refractivity contribution >= 4 is 11.8 Å². The van der Waals surface area contributed by atoms with Gasteiger partial charge in [-0.2, -0.15) is 0 Å². The van der Waals surface area contributed by atoms with Crippen molar-refractivity contribution in [2.24, 2.45) is 16.7 Å². The molecule has 2 aliphatic rings. The van der Waals surface area contributed by atoms with Crippen LogP contribution in [-0.2, 0) is 9.59 Å². The largest absolute Gasteiger partial charge is 0.478 e. The average Bonchev–Trinajstić information content (AvgIpc) is 2.40. The number of rotatable bonds is 4. The lowest BCUT2D eigenvalue weighted by molar-refractivity contribution is -0.131. The van der Waals surface area contributed by atoms with Crippen LogP contribution in [0.25, 0.3) is 0 Å². The first-order valence-corrected chi connectivity index (χ1v) is 8.71. The van der Waals surface area contributed by atoms with Gasteiger partial charge in [-0.3, -0.25) is 4.79 Å². The molecule has 2 atom stereocenters. The van der Waals surface area contributed by atoms with Crippen LogP contribution in [0, 0.1) is 16.7 Å². The minimum atomic E-state index is -0.893. The minimum Gasteiger partial charge on any atom is -0.478 e. The monoisotopic (exact) mass is 318 g/mol. The van der Waals surface area contributed by atoms with Gasteiger partial charge in [0.25, 0.3) is 0 Å². The summed E-state index contributed by atoms with van der Waals surface area (Å²) >= 11 is 0. The molecule has 0 spiro atoms. The van der Waals surface area contributed by atoms with Gasteiger partial charge in [-0.25, -0.2) is 4.79 Å².